The highest BCUT2D eigenvalue weighted by atomic mass is 32.1. The SMILES string of the molecule is COc1cccc(N2C[C@@H](C(=O)NC[C@H](c3ccsc3)N(C)C)CC2=O)c1. The van der Waals surface area contributed by atoms with Gasteiger partial charge < -0.3 is 19.9 Å². The van der Waals surface area contributed by atoms with Crippen molar-refractivity contribution in [2.24, 2.45) is 5.92 Å². The highest BCUT2D eigenvalue weighted by Gasteiger charge is 2.35. The number of nitrogens with one attached hydrogen (secondary N) is 1. The first-order valence-corrected chi connectivity index (χ1v) is 9.84. The molecule has 1 N–H and O–H groups in total. The Morgan fingerprint density at radius 2 is 2.22 bits per heavy atom. The summed E-state index contributed by atoms with van der Waals surface area (Å²) in [7, 11) is 5.59. The van der Waals surface area contributed by atoms with Crippen LogP contribution >= 0.6 is 11.3 Å². The largest absolute Gasteiger partial charge is 0.497 e. The molecule has 0 radical (unpaired) electrons. The quantitative estimate of drug-likeness (QED) is 0.793. The van der Waals surface area contributed by atoms with Crippen LogP contribution < -0.4 is 15.0 Å². The number of carbonyl (C=O) groups is 2. The van der Waals surface area contributed by atoms with Crippen LogP contribution in [0.1, 0.15) is 18.0 Å². The second kappa shape index (κ2) is 8.54. The van der Waals surface area contributed by atoms with Crippen molar-refractivity contribution in [2.45, 2.75) is 12.5 Å². The molecule has 1 aromatic carbocycles. The van der Waals surface area contributed by atoms with Crippen molar-refractivity contribution in [2.75, 3.05) is 39.2 Å². The maximum atomic E-state index is 12.7. The molecular weight excluding hydrogens is 362 g/mol. The van der Waals surface area contributed by atoms with E-state index in [2.05, 4.69) is 21.7 Å². The summed E-state index contributed by atoms with van der Waals surface area (Å²) in [6, 6.07) is 9.55. The summed E-state index contributed by atoms with van der Waals surface area (Å²) in [6.45, 7) is 0.912. The number of likely N-dealkylation sites (N-methyl/N-ethyl adjacent to an activating group) is 1. The van der Waals surface area contributed by atoms with Gasteiger partial charge in [-0.2, -0.15) is 11.3 Å². The van der Waals surface area contributed by atoms with Gasteiger partial charge in [-0.3, -0.25) is 9.59 Å². The minimum absolute atomic E-state index is 0.0367. The molecule has 27 heavy (non-hydrogen) atoms. The zero-order chi connectivity index (χ0) is 19.4. The molecule has 2 amide bonds. The molecule has 1 saturated heterocycles. The molecule has 0 unspecified atom stereocenters. The lowest BCUT2D eigenvalue weighted by atomic mass is 10.1. The van der Waals surface area contributed by atoms with E-state index >= 15 is 0 Å². The zero-order valence-electron chi connectivity index (χ0n) is 15.8. The lowest BCUT2D eigenvalue weighted by molar-refractivity contribution is -0.126. The molecule has 1 fully saturated rings. The number of methoxy groups -OCH3 is 1. The molecule has 3 rings (SSSR count). The normalized spacial score (nSPS) is 18.0. The molecular formula is C20H25N3O3S. The molecule has 2 heterocycles. The number of rotatable bonds is 7. The lowest BCUT2D eigenvalue weighted by Crippen LogP contribution is -2.38. The van der Waals surface area contributed by atoms with Gasteiger partial charge in [-0.25, -0.2) is 0 Å². The van der Waals surface area contributed by atoms with Gasteiger partial charge in [-0.15, -0.1) is 0 Å². The van der Waals surface area contributed by atoms with E-state index in [0.717, 1.165) is 5.69 Å². The van der Waals surface area contributed by atoms with E-state index in [4.69, 9.17) is 4.74 Å². The molecule has 2 atom stereocenters. The minimum atomic E-state index is -0.339. The average molecular weight is 388 g/mol. The highest BCUT2D eigenvalue weighted by molar-refractivity contribution is 7.07. The number of thiophene rings is 1. The van der Waals surface area contributed by atoms with Gasteiger partial charge in [0.05, 0.1) is 19.1 Å². The van der Waals surface area contributed by atoms with Gasteiger partial charge in [0, 0.05) is 31.3 Å². The molecule has 6 nitrogen and oxygen atoms in total. The van der Waals surface area contributed by atoms with E-state index in [1.807, 2.05) is 43.7 Å². The predicted molar refractivity (Wildman–Crippen MR) is 107 cm³/mol. The number of hydrogen-bond donors (Lipinski definition) is 1. The van der Waals surface area contributed by atoms with Gasteiger partial charge in [-0.1, -0.05) is 6.07 Å². The topological polar surface area (TPSA) is 61.9 Å². The number of hydrogen-bond acceptors (Lipinski definition) is 5. The Balaban J connectivity index is 1.62. The fourth-order valence-electron chi connectivity index (χ4n) is 3.32. The Hall–Kier alpha value is -2.38. The summed E-state index contributed by atoms with van der Waals surface area (Å²) in [5.41, 5.74) is 1.95. The third-order valence-electron chi connectivity index (χ3n) is 4.88. The maximum Gasteiger partial charge on any atom is 0.227 e. The Morgan fingerprint density at radius 3 is 2.89 bits per heavy atom. The molecule has 0 bridgehead atoms. The number of amides is 2. The summed E-state index contributed by atoms with van der Waals surface area (Å²) in [4.78, 5) is 28.8. The van der Waals surface area contributed by atoms with E-state index in [-0.39, 0.29) is 30.2 Å². The van der Waals surface area contributed by atoms with Crippen molar-refractivity contribution in [3.63, 3.8) is 0 Å². The fourth-order valence-corrected chi connectivity index (χ4v) is 4.02. The molecule has 144 valence electrons. The molecule has 7 heteroatoms. The Labute approximate surface area is 163 Å². The minimum Gasteiger partial charge on any atom is -0.497 e. The summed E-state index contributed by atoms with van der Waals surface area (Å²) in [6.07, 6.45) is 0.230. The highest BCUT2D eigenvalue weighted by Crippen LogP contribution is 2.28. The first kappa shape index (κ1) is 19.4. The van der Waals surface area contributed by atoms with Crippen LogP contribution in [0.15, 0.2) is 41.1 Å². The van der Waals surface area contributed by atoms with E-state index in [1.54, 1.807) is 23.3 Å². The molecule has 1 aromatic heterocycles. The monoisotopic (exact) mass is 387 g/mol. The second-order valence-electron chi connectivity index (χ2n) is 6.89. The van der Waals surface area contributed by atoms with Gasteiger partial charge >= 0.3 is 0 Å². The number of benzene rings is 1. The van der Waals surface area contributed by atoms with Crippen molar-refractivity contribution < 1.29 is 14.3 Å². The van der Waals surface area contributed by atoms with Crippen molar-refractivity contribution in [1.82, 2.24) is 10.2 Å². The van der Waals surface area contributed by atoms with Gasteiger partial charge in [0.25, 0.3) is 0 Å². The van der Waals surface area contributed by atoms with Gasteiger partial charge in [0.2, 0.25) is 11.8 Å². The first-order chi connectivity index (χ1) is 13.0. The van der Waals surface area contributed by atoms with Gasteiger partial charge in [0.1, 0.15) is 5.75 Å². The standard InChI is InChI=1S/C20H25N3O3S/c1-22(2)18(14-7-8-27-13-14)11-21-20(25)15-9-19(24)23(12-15)16-5-4-6-17(10-16)26-3/h4-8,10,13,15,18H,9,11-12H2,1-3H3,(H,21,25)/t15-,18+/m0/s1. The van der Waals surface area contributed by atoms with Crippen LogP contribution in [-0.4, -0.2) is 51.0 Å². The molecule has 0 spiro atoms. The van der Waals surface area contributed by atoms with Crippen LogP contribution in [0.3, 0.4) is 0 Å². The van der Waals surface area contributed by atoms with Crippen molar-refractivity contribution in [1.29, 1.82) is 0 Å². The maximum absolute atomic E-state index is 12.7. The summed E-state index contributed by atoms with van der Waals surface area (Å²) in [5.74, 6) is 0.244. The predicted octanol–water partition coefficient (Wildman–Crippen LogP) is 2.53. The first-order valence-electron chi connectivity index (χ1n) is 8.90. The van der Waals surface area contributed by atoms with E-state index < -0.39 is 0 Å². The number of ether oxygens (including phenoxy) is 1. The fraction of sp³-hybridized carbons (Fsp3) is 0.400. The van der Waals surface area contributed by atoms with Crippen molar-refractivity contribution >= 4 is 28.8 Å². The van der Waals surface area contributed by atoms with E-state index in [0.29, 0.717) is 18.8 Å². The number of nitrogens with zero attached hydrogens (tertiary/aromatic N) is 2. The molecule has 1 aliphatic rings. The smallest absolute Gasteiger partial charge is 0.227 e. The third-order valence-corrected chi connectivity index (χ3v) is 5.58. The molecule has 2 aromatic rings. The molecule has 0 saturated carbocycles. The van der Waals surface area contributed by atoms with Crippen LogP contribution in [0, 0.1) is 5.92 Å². The number of anilines is 1. The summed E-state index contributed by atoms with van der Waals surface area (Å²) >= 11 is 1.65. The van der Waals surface area contributed by atoms with Crippen molar-refractivity contribution in [3.8, 4) is 5.75 Å². The van der Waals surface area contributed by atoms with Crippen LogP contribution in [0.2, 0.25) is 0 Å². The molecule has 1 aliphatic heterocycles. The second-order valence-corrected chi connectivity index (χ2v) is 7.67. The van der Waals surface area contributed by atoms with Crippen LogP contribution in [0.25, 0.3) is 0 Å². The van der Waals surface area contributed by atoms with E-state index in [1.165, 1.54) is 5.56 Å². The Kier molecular flexibility index (Phi) is 6.13. The van der Waals surface area contributed by atoms with Crippen LogP contribution in [0.4, 0.5) is 5.69 Å². The Morgan fingerprint density at radius 1 is 1.41 bits per heavy atom. The summed E-state index contributed by atoms with van der Waals surface area (Å²) < 4.78 is 5.23. The lowest BCUT2D eigenvalue weighted by Gasteiger charge is -2.24. The Bertz CT molecular complexity index is 792. The number of carbonyl (C=O) groups excluding carboxylic acids is 2. The van der Waals surface area contributed by atoms with Crippen LogP contribution in [-0.2, 0) is 9.59 Å². The van der Waals surface area contributed by atoms with Crippen LogP contribution in [0.5, 0.6) is 5.75 Å². The average Bonchev–Trinajstić information content (AvgIpc) is 3.31. The third kappa shape index (κ3) is 4.48. The van der Waals surface area contributed by atoms with Gasteiger partial charge in [0.15, 0.2) is 0 Å². The van der Waals surface area contributed by atoms with Gasteiger partial charge in [-0.05, 0) is 48.6 Å². The summed E-state index contributed by atoms with van der Waals surface area (Å²) in [5, 5.41) is 7.16. The molecule has 0 aliphatic carbocycles. The van der Waals surface area contributed by atoms with E-state index in [9.17, 15) is 9.59 Å². The van der Waals surface area contributed by atoms with Crippen molar-refractivity contribution in [3.05, 3.63) is 46.7 Å². The zero-order valence-corrected chi connectivity index (χ0v) is 16.7.